The standard InChI is InChI=1S/C7H13FN2O2.ClH/c1-5(3-9)2-7(10,4-8)6(11)12;/h1-4,9-10H2,(H,11,12);1H. The molecular weight excluding hydrogens is 199 g/mol. The van der Waals surface area contributed by atoms with E-state index in [4.69, 9.17) is 16.6 Å². The second-order valence-electron chi connectivity index (χ2n) is 2.73. The lowest BCUT2D eigenvalue weighted by Crippen LogP contribution is -2.50. The highest BCUT2D eigenvalue weighted by molar-refractivity contribution is 5.85. The van der Waals surface area contributed by atoms with E-state index in [2.05, 4.69) is 6.58 Å². The summed E-state index contributed by atoms with van der Waals surface area (Å²) in [5.41, 5.74) is 8.95. The van der Waals surface area contributed by atoms with E-state index in [1.54, 1.807) is 0 Å². The third-order valence-electron chi connectivity index (χ3n) is 1.52. The Morgan fingerprint density at radius 3 is 2.31 bits per heavy atom. The lowest BCUT2D eigenvalue weighted by Gasteiger charge is -2.21. The summed E-state index contributed by atoms with van der Waals surface area (Å²) < 4.78 is 12.2. The van der Waals surface area contributed by atoms with Crippen LogP contribution in [0.4, 0.5) is 4.39 Å². The fourth-order valence-corrected chi connectivity index (χ4v) is 0.698. The number of aliphatic carboxylic acids is 1. The highest BCUT2D eigenvalue weighted by atomic mass is 35.5. The topological polar surface area (TPSA) is 89.3 Å². The van der Waals surface area contributed by atoms with Crippen molar-refractivity contribution in [2.45, 2.75) is 12.0 Å². The van der Waals surface area contributed by atoms with Gasteiger partial charge in [-0.05, 0) is 0 Å². The third-order valence-corrected chi connectivity index (χ3v) is 1.52. The molecule has 13 heavy (non-hydrogen) atoms. The average molecular weight is 213 g/mol. The molecule has 0 aliphatic carbocycles. The number of carboxylic acids is 1. The van der Waals surface area contributed by atoms with Gasteiger partial charge in [0.15, 0.2) is 0 Å². The summed E-state index contributed by atoms with van der Waals surface area (Å²) in [6.07, 6.45) is -0.130. The van der Waals surface area contributed by atoms with Gasteiger partial charge in [0.25, 0.3) is 0 Å². The molecule has 0 saturated heterocycles. The van der Waals surface area contributed by atoms with Crippen LogP contribution in [0, 0.1) is 0 Å². The highest BCUT2D eigenvalue weighted by Gasteiger charge is 2.34. The lowest BCUT2D eigenvalue weighted by atomic mass is 9.94. The van der Waals surface area contributed by atoms with E-state index in [0.717, 1.165) is 0 Å². The van der Waals surface area contributed by atoms with Gasteiger partial charge in [0.2, 0.25) is 0 Å². The van der Waals surface area contributed by atoms with Crippen LogP contribution in [0.15, 0.2) is 12.2 Å². The van der Waals surface area contributed by atoms with Crippen LogP contribution in [-0.4, -0.2) is 29.8 Å². The fourth-order valence-electron chi connectivity index (χ4n) is 0.698. The van der Waals surface area contributed by atoms with Crippen LogP contribution in [0.1, 0.15) is 6.42 Å². The Bertz CT molecular complexity index is 201. The van der Waals surface area contributed by atoms with Gasteiger partial charge in [0, 0.05) is 13.0 Å². The van der Waals surface area contributed by atoms with Gasteiger partial charge in [-0.3, -0.25) is 4.79 Å². The molecule has 0 fully saturated rings. The van der Waals surface area contributed by atoms with Crippen molar-refractivity contribution in [3.05, 3.63) is 12.2 Å². The van der Waals surface area contributed by atoms with Crippen molar-refractivity contribution in [1.82, 2.24) is 0 Å². The zero-order valence-electron chi connectivity index (χ0n) is 7.12. The van der Waals surface area contributed by atoms with Crippen molar-refractivity contribution in [1.29, 1.82) is 0 Å². The molecule has 0 aliphatic heterocycles. The van der Waals surface area contributed by atoms with Crippen LogP contribution in [-0.2, 0) is 4.79 Å². The first kappa shape index (κ1) is 14.9. The predicted molar refractivity (Wildman–Crippen MR) is 50.6 cm³/mol. The molecule has 0 aromatic rings. The van der Waals surface area contributed by atoms with Crippen LogP contribution in [0.2, 0.25) is 0 Å². The number of rotatable bonds is 5. The van der Waals surface area contributed by atoms with Crippen LogP contribution in [0.25, 0.3) is 0 Å². The minimum atomic E-state index is -1.86. The van der Waals surface area contributed by atoms with E-state index in [0.29, 0.717) is 5.57 Å². The SMILES string of the molecule is C=C(CN)CC(N)(CF)C(=O)O.Cl. The molecule has 0 aliphatic rings. The average Bonchev–Trinajstić information content (AvgIpc) is 2.03. The third kappa shape index (κ3) is 4.21. The maximum atomic E-state index is 12.2. The van der Waals surface area contributed by atoms with E-state index in [9.17, 15) is 9.18 Å². The zero-order chi connectivity index (χ0) is 9.78. The first-order valence-electron chi connectivity index (χ1n) is 3.41. The van der Waals surface area contributed by atoms with Crippen molar-refractivity contribution in [3.63, 3.8) is 0 Å². The number of halogens is 2. The van der Waals surface area contributed by atoms with Crippen molar-refractivity contribution < 1.29 is 14.3 Å². The van der Waals surface area contributed by atoms with E-state index >= 15 is 0 Å². The van der Waals surface area contributed by atoms with Gasteiger partial charge in [0.05, 0.1) is 0 Å². The monoisotopic (exact) mass is 212 g/mol. The smallest absolute Gasteiger partial charge is 0.326 e. The summed E-state index contributed by atoms with van der Waals surface area (Å²) >= 11 is 0. The quantitative estimate of drug-likeness (QED) is 0.563. The molecule has 0 aromatic carbocycles. The number of nitrogens with two attached hydrogens (primary N) is 2. The first-order valence-corrected chi connectivity index (χ1v) is 3.41. The molecule has 0 bridgehead atoms. The van der Waals surface area contributed by atoms with Gasteiger partial charge in [-0.1, -0.05) is 12.2 Å². The Balaban J connectivity index is 0. The van der Waals surface area contributed by atoms with Gasteiger partial charge >= 0.3 is 5.97 Å². The number of hydrogen-bond donors (Lipinski definition) is 3. The summed E-state index contributed by atoms with van der Waals surface area (Å²) in [7, 11) is 0. The maximum Gasteiger partial charge on any atom is 0.326 e. The molecule has 0 saturated carbocycles. The highest BCUT2D eigenvalue weighted by Crippen LogP contribution is 2.13. The molecule has 5 N–H and O–H groups in total. The molecule has 0 amide bonds. The Labute approximate surface area is 82.2 Å². The molecule has 1 atom stereocenters. The van der Waals surface area contributed by atoms with E-state index in [1.807, 2.05) is 0 Å². The molecule has 0 radical (unpaired) electrons. The molecular formula is C7H14ClFN2O2. The van der Waals surface area contributed by atoms with Crippen LogP contribution < -0.4 is 11.5 Å². The van der Waals surface area contributed by atoms with Crippen LogP contribution in [0.3, 0.4) is 0 Å². The molecule has 0 aromatic heterocycles. The maximum absolute atomic E-state index is 12.2. The second-order valence-corrected chi connectivity index (χ2v) is 2.73. The predicted octanol–water partition coefficient (Wildman–Crippen LogP) is 0.0648. The Hall–Kier alpha value is -0.650. The summed E-state index contributed by atoms with van der Waals surface area (Å²) in [4.78, 5) is 10.5. The Morgan fingerprint density at radius 1 is 1.62 bits per heavy atom. The summed E-state index contributed by atoms with van der Waals surface area (Å²) in [6, 6.07) is 0. The Kier molecular flexibility index (Phi) is 6.75. The Morgan fingerprint density at radius 2 is 2.08 bits per heavy atom. The summed E-state index contributed by atoms with van der Waals surface area (Å²) in [6.45, 7) is 2.45. The summed E-state index contributed by atoms with van der Waals surface area (Å²) in [5, 5.41) is 8.53. The minimum absolute atomic E-state index is 0. The largest absolute Gasteiger partial charge is 0.480 e. The molecule has 0 spiro atoms. The fraction of sp³-hybridized carbons (Fsp3) is 0.571. The molecule has 6 heteroatoms. The zero-order valence-corrected chi connectivity index (χ0v) is 7.94. The van der Waals surface area contributed by atoms with E-state index < -0.39 is 18.2 Å². The van der Waals surface area contributed by atoms with E-state index in [-0.39, 0.29) is 25.4 Å². The van der Waals surface area contributed by atoms with Gasteiger partial charge in [0.1, 0.15) is 12.2 Å². The van der Waals surface area contributed by atoms with Crippen molar-refractivity contribution >= 4 is 18.4 Å². The molecule has 1 unspecified atom stereocenters. The van der Waals surface area contributed by atoms with Crippen LogP contribution in [0.5, 0.6) is 0 Å². The first-order chi connectivity index (χ1) is 5.46. The molecule has 4 nitrogen and oxygen atoms in total. The van der Waals surface area contributed by atoms with E-state index in [1.165, 1.54) is 0 Å². The van der Waals surface area contributed by atoms with Crippen molar-refractivity contribution in [3.8, 4) is 0 Å². The normalized spacial score (nSPS) is 14.1. The van der Waals surface area contributed by atoms with Gasteiger partial charge in [-0.25, -0.2) is 4.39 Å². The lowest BCUT2D eigenvalue weighted by molar-refractivity contribution is -0.143. The number of carbonyl (C=O) groups is 1. The van der Waals surface area contributed by atoms with Crippen molar-refractivity contribution in [2.75, 3.05) is 13.2 Å². The van der Waals surface area contributed by atoms with Crippen LogP contribution >= 0.6 is 12.4 Å². The number of hydrogen-bond acceptors (Lipinski definition) is 3. The summed E-state index contributed by atoms with van der Waals surface area (Å²) in [5.74, 6) is -1.38. The van der Waals surface area contributed by atoms with Gasteiger partial charge in [-0.2, -0.15) is 0 Å². The molecule has 0 heterocycles. The second kappa shape index (κ2) is 5.90. The number of alkyl halides is 1. The van der Waals surface area contributed by atoms with Gasteiger partial charge < -0.3 is 16.6 Å². The van der Waals surface area contributed by atoms with Crippen molar-refractivity contribution in [2.24, 2.45) is 11.5 Å². The molecule has 0 rings (SSSR count). The molecule has 78 valence electrons. The minimum Gasteiger partial charge on any atom is -0.480 e. The number of carboxylic acid groups (broad SMARTS) is 1. The van der Waals surface area contributed by atoms with Gasteiger partial charge in [-0.15, -0.1) is 12.4 Å².